The third-order valence-electron chi connectivity index (χ3n) is 5.11. The minimum atomic E-state index is -0.467. The fourth-order valence-electron chi connectivity index (χ4n) is 3.75. The monoisotopic (exact) mass is 389 g/mol. The Balaban J connectivity index is 2.16. The minimum absolute atomic E-state index is 0.217. The molecular formula is C20H29N4O4+. The average Bonchev–Trinajstić information content (AvgIpc) is 2.69. The van der Waals surface area contributed by atoms with Gasteiger partial charge in [0, 0.05) is 12.1 Å². The van der Waals surface area contributed by atoms with Crippen LogP contribution in [0, 0.1) is 5.92 Å². The van der Waals surface area contributed by atoms with Gasteiger partial charge in [0.1, 0.15) is 36.3 Å². The number of benzene rings is 1. The van der Waals surface area contributed by atoms with Crippen molar-refractivity contribution in [1.82, 2.24) is 9.55 Å². The number of rotatable bonds is 6. The summed E-state index contributed by atoms with van der Waals surface area (Å²) in [5, 5.41) is 0. The Kier molecular flexibility index (Phi) is 6.21. The van der Waals surface area contributed by atoms with Gasteiger partial charge in [0.15, 0.2) is 0 Å². The summed E-state index contributed by atoms with van der Waals surface area (Å²) in [7, 11) is 1.62. The summed E-state index contributed by atoms with van der Waals surface area (Å²) in [5.41, 5.74) is 6.89. The lowest BCUT2D eigenvalue weighted by Crippen LogP contribution is -3.14. The van der Waals surface area contributed by atoms with Gasteiger partial charge in [-0.25, -0.2) is 4.79 Å². The van der Waals surface area contributed by atoms with E-state index in [1.807, 2.05) is 38.1 Å². The van der Waals surface area contributed by atoms with Crippen LogP contribution in [0.4, 0.5) is 5.82 Å². The number of nitrogens with zero attached hydrogens (tertiary/aromatic N) is 1. The number of anilines is 1. The molecule has 0 radical (unpaired) electrons. The fourth-order valence-corrected chi connectivity index (χ4v) is 3.75. The van der Waals surface area contributed by atoms with Crippen molar-refractivity contribution in [2.75, 3.05) is 39.1 Å². The molecule has 3 rings (SSSR count). The molecule has 1 saturated heterocycles. The van der Waals surface area contributed by atoms with Crippen LogP contribution in [0.25, 0.3) is 0 Å². The Hall–Kier alpha value is -2.58. The molecule has 1 fully saturated rings. The summed E-state index contributed by atoms with van der Waals surface area (Å²) in [5.74, 6) is 1.20. The van der Waals surface area contributed by atoms with Crippen LogP contribution in [0.2, 0.25) is 0 Å². The highest BCUT2D eigenvalue weighted by atomic mass is 16.5. The van der Waals surface area contributed by atoms with Gasteiger partial charge in [-0.1, -0.05) is 13.8 Å². The fraction of sp³-hybridized carbons (Fsp3) is 0.500. The number of nitrogens with two attached hydrogens (primary N) is 1. The molecule has 1 aromatic carbocycles. The van der Waals surface area contributed by atoms with Crippen molar-refractivity contribution in [1.29, 1.82) is 0 Å². The first-order chi connectivity index (χ1) is 13.4. The molecule has 1 atom stereocenters. The smallest absolute Gasteiger partial charge is 0.329 e. The van der Waals surface area contributed by atoms with Crippen LogP contribution in [0.15, 0.2) is 33.9 Å². The molecule has 1 aliphatic heterocycles. The lowest BCUT2D eigenvalue weighted by molar-refractivity contribution is -0.933. The van der Waals surface area contributed by atoms with Gasteiger partial charge in [0.05, 0.1) is 20.3 Å². The molecule has 8 nitrogen and oxygen atoms in total. The molecule has 28 heavy (non-hydrogen) atoms. The van der Waals surface area contributed by atoms with E-state index in [4.69, 9.17) is 15.2 Å². The molecule has 0 unspecified atom stereocenters. The van der Waals surface area contributed by atoms with Gasteiger partial charge < -0.3 is 20.1 Å². The summed E-state index contributed by atoms with van der Waals surface area (Å²) in [6, 6.07) is 7.34. The quantitative estimate of drug-likeness (QED) is 0.634. The third-order valence-corrected chi connectivity index (χ3v) is 5.11. The number of ether oxygens (including phenoxy) is 2. The number of aromatic amines is 1. The van der Waals surface area contributed by atoms with Crippen LogP contribution in [-0.2, 0) is 11.3 Å². The lowest BCUT2D eigenvalue weighted by atomic mass is 9.97. The summed E-state index contributed by atoms with van der Waals surface area (Å²) >= 11 is 0. The van der Waals surface area contributed by atoms with Crippen molar-refractivity contribution in [3.63, 3.8) is 0 Å². The number of hydrogen-bond acceptors (Lipinski definition) is 5. The highest BCUT2D eigenvalue weighted by molar-refractivity contribution is 5.45. The maximum atomic E-state index is 12.9. The van der Waals surface area contributed by atoms with E-state index in [0.717, 1.165) is 24.4 Å². The number of H-pyrrole nitrogens is 1. The highest BCUT2D eigenvalue weighted by Gasteiger charge is 2.33. The summed E-state index contributed by atoms with van der Waals surface area (Å²) in [4.78, 5) is 28.9. The molecule has 0 bridgehead atoms. The van der Waals surface area contributed by atoms with Crippen molar-refractivity contribution < 1.29 is 14.4 Å². The minimum Gasteiger partial charge on any atom is -0.497 e. The zero-order valence-electron chi connectivity index (χ0n) is 16.7. The largest absolute Gasteiger partial charge is 0.497 e. The molecule has 8 heteroatoms. The molecule has 1 aliphatic rings. The van der Waals surface area contributed by atoms with Crippen LogP contribution in [-0.4, -0.2) is 43.0 Å². The molecule has 152 valence electrons. The van der Waals surface area contributed by atoms with Crippen LogP contribution in [0.3, 0.4) is 0 Å². The summed E-state index contributed by atoms with van der Waals surface area (Å²) in [6.07, 6.45) is 0. The van der Waals surface area contributed by atoms with E-state index in [1.165, 1.54) is 9.47 Å². The number of nitrogen functional groups attached to an aromatic ring is 1. The van der Waals surface area contributed by atoms with Gasteiger partial charge in [-0.3, -0.25) is 14.3 Å². The first kappa shape index (κ1) is 20.2. The Labute approximate surface area is 163 Å². The molecule has 4 N–H and O–H groups in total. The number of nitrogens with one attached hydrogen (secondary N) is 2. The van der Waals surface area contributed by atoms with E-state index in [1.54, 1.807) is 7.11 Å². The van der Waals surface area contributed by atoms with Crippen molar-refractivity contribution in [3.8, 4) is 5.75 Å². The maximum absolute atomic E-state index is 12.9. The number of quaternary nitrogens is 1. The highest BCUT2D eigenvalue weighted by Crippen LogP contribution is 2.23. The second-order valence-electron chi connectivity index (χ2n) is 7.54. The zero-order valence-corrected chi connectivity index (χ0v) is 16.7. The number of morpholine rings is 1. The van der Waals surface area contributed by atoms with Gasteiger partial charge >= 0.3 is 5.69 Å². The second-order valence-corrected chi connectivity index (χ2v) is 7.54. The molecule has 2 aromatic rings. The number of methoxy groups -OCH3 is 1. The van der Waals surface area contributed by atoms with Gasteiger partial charge in [-0.2, -0.15) is 0 Å². The van der Waals surface area contributed by atoms with Gasteiger partial charge in [-0.15, -0.1) is 0 Å². The van der Waals surface area contributed by atoms with E-state index in [9.17, 15) is 9.59 Å². The van der Waals surface area contributed by atoms with Crippen molar-refractivity contribution in [2.45, 2.75) is 26.4 Å². The van der Waals surface area contributed by atoms with E-state index < -0.39 is 11.2 Å². The normalized spacial score (nSPS) is 16.3. The van der Waals surface area contributed by atoms with Gasteiger partial charge in [0.25, 0.3) is 5.56 Å². The molecule has 2 heterocycles. The van der Waals surface area contributed by atoms with Crippen molar-refractivity contribution in [3.05, 3.63) is 56.2 Å². The number of aromatic nitrogens is 2. The predicted molar refractivity (Wildman–Crippen MR) is 107 cm³/mol. The molecular weight excluding hydrogens is 360 g/mol. The van der Waals surface area contributed by atoms with Crippen LogP contribution < -0.4 is 26.6 Å². The van der Waals surface area contributed by atoms with Gasteiger partial charge in [-0.05, 0) is 30.2 Å². The molecule has 1 aromatic heterocycles. The summed E-state index contributed by atoms with van der Waals surface area (Å²) < 4.78 is 12.2. The third kappa shape index (κ3) is 4.13. The summed E-state index contributed by atoms with van der Waals surface area (Å²) in [6.45, 7) is 7.19. The SMILES string of the molecule is COc1ccc([C@H](c2c(N)n(CC(C)C)c(=O)[nH]c2=O)[NH+]2CCOCC2)cc1. The van der Waals surface area contributed by atoms with E-state index in [2.05, 4.69) is 4.98 Å². The predicted octanol–water partition coefficient (Wildman–Crippen LogP) is -0.212. The average molecular weight is 389 g/mol. The molecule has 0 saturated carbocycles. The molecule has 0 amide bonds. The van der Waals surface area contributed by atoms with Crippen molar-refractivity contribution in [2.24, 2.45) is 5.92 Å². The maximum Gasteiger partial charge on any atom is 0.329 e. The lowest BCUT2D eigenvalue weighted by Gasteiger charge is -2.32. The van der Waals surface area contributed by atoms with E-state index in [-0.39, 0.29) is 17.8 Å². The molecule has 0 spiro atoms. The Morgan fingerprint density at radius 3 is 2.43 bits per heavy atom. The standard InChI is InChI=1S/C20H28N4O4/c1-13(2)12-24-18(21)16(19(25)22-20(24)26)17(23-8-10-28-11-9-23)14-4-6-15(27-3)7-5-14/h4-7,13,17H,8-12,21H2,1-3H3,(H,22,25,26)/p+1/t17-/m1/s1. The Bertz CT molecular complexity index is 911. The number of hydrogen-bond donors (Lipinski definition) is 3. The Morgan fingerprint density at radius 1 is 1.21 bits per heavy atom. The van der Waals surface area contributed by atoms with E-state index >= 15 is 0 Å². The van der Waals surface area contributed by atoms with Crippen LogP contribution in [0.1, 0.15) is 31.0 Å². The Morgan fingerprint density at radius 2 is 1.86 bits per heavy atom. The first-order valence-electron chi connectivity index (χ1n) is 9.61. The van der Waals surface area contributed by atoms with Gasteiger partial charge in [0.2, 0.25) is 0 Å². The van der Waals surface area contributed by atoms with Crippen LogP contribution >= 0.6 is 0 Å². The first-order valence-corrected chi connectivity index (χ1v) is 9.61. The van der Waals surface area contributed by atoms with E-state index in [0.29, 0.717) is 25.3 Å². The van der Waals surface area contributed by atoms with Crippen LogP contribution in [0.5, 0.6) is 5.75 Å². The topological polar surface area (TPSA) is 104 Å². The van der Waals surface area contributed by atoms with Crippen molar-refractivity contribution >= 4 is 5.82 Å². The second kappa shape index (κ2) is 8.62. The zero-order chi connectivity index (χ0) is 20.3. The molecule has 0 aliphatic carbocycles.